The van der Waals surface area contributed by atoms with E-state index in [0.29, 0.717) is 22.3 Å². The van der Waals surface area contributed by atoms with Crippen LogP contribution in [0.1, 0.15) is 34.1 Å². The van der Waals surface area contributed by atoms with Crippen molar-refractivity contribution in [2.24, 2.45) is 0 Å². The molecule has 4 aromatic rings. The van der Waals surface area contributed by atoms with E-state index in [2.05, 4.69) is 0 Å². The highest BCUT2D eigenvalue weighted by atomic mass is 31.2. The van der Waals surface area contributed by atoms with Gasteiger partial charge < -0.3 is 4.89 Å². The molecule has 0 spiro atoms. The molecule has 0 unspecified atom stereocenters. The molecule has 0 fully saturated rings. The van der Waals surface area contributed by atoms with Gasteiger partial charge in [0.25, 0.3) is 0 Å². The van der Waals surface area contributed by atoms with Gasteiger partial charge in [-0.05, 0) is 22.3 Å². The maximum Gasteiger partial charge on any atom is 0.330 e. The second-order valence-electron chi connectivity index (χ2n) is 7.76. The Hall–Kier alpha value is -3.59. The fourth-order valence-corrected chi connectivity index (χ4v) is 5.51. The molecule has 0 saturated carbocycles. The minimum Gasteiger partial charge on any atom is -0.334 e. The maximum atomic E-state index is 13.6. The van der Waals surface area contributed by atoms with Crippen molar-refractivity contribution in [2.45, 2.75) is 11.8 Å². The van der Waals surface area contributed by atoms with Gasteiger partial charge in [0.1, 0.15) is 0 Å². The molecule has 0 saturated heterocycles. The summed E-state index contributed by atoms with van der Waals surface area (Å²) in [6.07, 6.45) is 0. The van der Waals surface area contributed by atoms with E-state index in [1.807, 2.05) is 0 Å². The van der Waals surface area contributed by atoms with E-state index in [1.165, 1.54) is 0 Å². The lowest BCUT2D eigenvalue weighted by Gasteiger charge is -2.23. The monoisotopic (exact) mass is 454 g/mol. The summed E-state index contributed by atoms with van der Waals surface area (Å²) in [6, 6.07) is 35.2. The van der Waals surface area contributed by atoms with E-state index in [0.717, 1.165) is 0 Å². The normalized spacial score (nSPS) is 11.5. The first-order chi connectivity index (χ1) is 16.0. The molecular weight excluding hydrogens is 431 g/mol. The second-order valence-corrected chi connectivity index (χ2v) is 9.79. The Morgan fingerprint density at radius 1 is 0.485 bits per heavy atom. The minimum absolute atomic E-state index is 0.562. The quantitative estimate of drug-likeness (QED) is 0.333. The third-order valence-electron chi connectivity index (χ3n) is 5.62. The summed E-state index contributed by atoms with van der Waals surface area (Å²) in [5.74, 6) is -2.06. The fourth-order valence-electron chi connectivity index (χ4n) is 4.00. The van der Waals surface area contributed by atoms with E-state index in [1.54, 1.807) is 121 Å². The third kappa shape index (κ3) is 4.78. The molecule has 33 heavy (non-hydrogen) atoms. The van der Waals surface area contributed by atoms with Crippen molar-refractivity contribution in [1.82, 2.24) is 0 Å². The molecule has 1 N–H and O–H groups in total. The van der Waals surface area contributed by atoms with Gasteiger partial charge in [0, 0.05) is 0 Å². The molecule has 164 valence electrons. The zero-order valence-electron chi connectivity index (χ0n) is 17.8. The topological polar surface area (TPSA) is 71.4 Å². The van der Waals surface area contributed by atoms with E-state index < -0.39 is 30.3 Å². The molecule has 5 heteroatoms. The van der Waals surface area contributed by atoms with Crippen LogP contribution in [-0.4, -0.2) is 15.9 Å². The van der Waals surface area contributed by atoms with Crippen LogP contribution in [0.25, 0.3) is 0 Å². The number of hydrogen-bond donors (Lipinski definition) is 1. The molecule has 0 amide bonds. The van der Waals surface area contributed by atoms with E-state index in [4.69, 9.17) is 0 Å². The van der Waals surface area contributed by atoms with Gasteiger partial charge >= 0.3 is 7.37 Å². The predicted molar refractivity (Wildman–Crippen MR) is 129 cm³/mol. The van der Waals surface area contributed by atoms with Crippen LogP contribution in [0.3, 0.4) is 0 Å². The smallest absolute Gasteiger partial charge is 0.330 e. The third-order valence-corrected chi connectivity index (χ3v) is 7.33. The van der Waals surface area contributed by atoms with Gasteiger partial charge in [0.05, 0.1) is 11.8 Å². The predicted octanol–water partition coefficient (Wildman–Crippen LogP) is 5.97. The zero-order chi connectivity index (χ0) is 23.3. The molecule has 0 heterocycles. The van der Waals surface area contributed by atoms with Crippen LogP contribution in [0, 0.1) is 0 Å². The molecule has 0 aliphatic carbocycles. The van der Waals surface area contributed by atoms with Crippen molar-refractivity contribution in [3.05, 3.63) is 144 Å². The van der Waals surface area contributed by atoms with Gasteiger partial charge in [-0.1, -0.05) is 121 Å². The van der Waals surface area contributed by atoms with Crippen LogP contribution < -0.4 is 0 Å². The van der Waals surface area contributed by atoms with Crippen LogP contribution in [0.5, 0.6) is 0 Å². The van der Waals surface area contributed by atoms with Crippen molar-refractivity contribution < 1.29 is 19.0 Å². The standard InChI is InChI=1S/C28H23O4P/c29-27(25(21-13-5-1-6-14-21)22-15-7-2-8-16-22)33(31,32)28(30)26(23-17-9-3-10-18-23)24-19-11-4-12-20-24/h1-20,25-26H,(H,31,32). The largest absolute Gasteiger partial charge is 0.334 e. The second kappa shape index (κ2) is 9.91. The molecule has 0 radical (unpaired) electrons. The van der Waals surface area contributed by atoms with Crippen LogP contribution in [0.4, 0.5) is 0 Å². The lowest BCUT2D eigenvalue weighted by atomic mass is 9.92. The van der Waals surface area contributed by atoms with Crippen LogP contribution >= 0.6 is 7.37 Å². The Bertz CT molecular complexity index is 1090. The number of rotatable bonds is 8. The highest BCUT2D eigenvalue weighted by Crippen LogP contribution is 2.53. The van der Waals surface area contributed by atoms with Gasteiger partial charge in [-0.2, -0.15) is 0 Å². The van der Waals surface area contributed by atoms with E-state index in [9.17, 15) is 19.0 Å². The van der Waals surface area contributed by atoms with Gasteiger partial charge in [-0.15, -0.1) is 0 Å². The van der Waals surface area contributed by atoms with Crippen LogP contribution in [0.2, 0.25) is 0 Å². The number of carbonyl (C=O) groups excluding carboxylic acids is 2. The Morgan fingerprint density at radius 2 is 0.697 bits per heavy atom. The van der Waals surface area contributed by atoms with Crippen molar-refractivity contribution in [3.63, 3.8) is 0 Å². The Kier molecular flexibility index (Phi) is 6.79. The first kappa shape index (κ1) is 22.6. The summed E-state index contributed by atoms with van der Waals surface area (Å²) in [6.45, 7) is 0. The lowest BCUT2D eigenvalue weighted by molar-refractivity contribution is -0.116. The van der Waals surface area contributed by atoms with Gasteiger partial charge in [-0.3, -0.25) is 14.2 Å². The molecule has 0 aliphatic heterocycles. The maximum absolute atomic E-state index is 13.6. The molecule has 0 aliphatic rings. The first-order valence-electron chi connectivity index (χ1n) is 10.6. The van der Waals surface area contributed by atoms with Crippen LogP contribution in [0.15, 0.2) is 121 Å². The molecule has 0 bridgehead atoms. The van der Waals surface area contributed by atoms with E-state index in [-0.39, 0.29) is 0 Å². The molecule has 4 rings (SSSR count). The number of benzene rings is 4. The van der Waals surface area contributed by atoms with E-state index >= 15 is 0 Å². The van der Waals surface area contributed by atoms with Gasteiger partial charge in [0.15, 0.2) is 0 Å². The Labute approximate surface area is 193 Å². The SMILES string of the molecule is O=C(C(c1ccccc1)c1ccccc1)P(=O)(O)C(=O)C(c1ccccc1)c1ccccc1. The average molecular weight is 454 g/mol. The lowest BCUT2D eigenvalue weighted by Crippen LogP contribution is -2.23. The number of hydrogen-bond acceptors (Lipinski definition) is 3. The summed E-state index contributed by atoms with van der Waals surface area (Å²) in [5.41, 5.74) is 0.278. The Balaban J connectivity index is 1.79. The Morgan fingerprint density at radius 3 is 0.909 bits per heavy atom. The van der Waals surface area contributed by atoms with Gasteiger partial charge in [-0.25, -0.2) is 0 Å². The van der Waals surface area contributed by atoms with Crippen molar-refractivity contribution in [3.8, 4) is 0 Å². The number of carbonyl (C=O) groups is 2. The van der Waals surface area contributed by atoms with Crippen molar-refractivity contribution >= 4 is 18.4 Å². The molecule has 4 nitrogen and oxygen atoms in total. The minimum atomic E-state index is -4.93. The summed E-state index contributed by atoms with van der Waals surface area (Å²) < 4.78 is 13.6. The van der Waals surface area contributed by atoms with Crippen LogP contribution in [-0.2, 0) is 14.2 Å². The van der Waals surface area contributed by atoms with Crippen molar-refractivity contribution in [2.75, 3.05) is 0 Å². The summed E-state index contributed by atoms with van der Waals surface area (Å²) in [7, 11) is -4.93. The molecular formula is C28H23O4P. The molecule has 0 aromatic heterocycles. The summed E-state index contributed by atoms with van der Waals surface area (Å²) >= 11 is 0. The average Bonchev–Trinajstić information content (AvgIpc) is 2.87. The summed E-state index contributed by atoms with van der Waals surface area (Å²) in [4.78, 5) is 38.4. The fraction of sp³-hybridized carbons (Fsp3) is 0.0714. The molecule has 0 atom stereocenters. The molecule has 4 aromatic carbocycles. The van der Waals surface area contributed by atoms with Crippen molar-refractivity contribution in [1.29, 1.82) is 0 Å². The summed E-state index contributed by atoms with van der Waals surface area (Å²) in [5, 5.41) is 0. The first-order valence-corrected chi connectivity index (χ1v) is 12.3. The van der Waals surface area contributed by atoms with Gasteiger partial charge in [0.2, 0.25) is 11.0 Å². The highest BCUT2D eigenvalue weighted by molar-refractivity contribution is 7.90. The zero-order valence-corrected chi connectivity index (χ0v) is 18.7. The highest BCUT2D eigenvalue weighted by Gasteiger charge is 2.46.